The normalized spacial score (nSPS) is 11.4. The monoisotopic (exact) mass is 222 g/mol. The van der Waals surface area contributed by atoms with Gasteiger partial charge in [-0.25, -0.2) is 0 Å². The minimum Gasteiger partial charge on any atom is -0.507 e. The molecule has 6 heteroatoms. The van der Waals surface area contributed by atoms with Crippen LogP contribution in [0.4, 0.5) is 13.2 Å². The Balaban J connectivity index is 3.21. The van der Waals surface area contributed by atoms with Crippen LogP contribution in [0, 0.1) is 0 Å². The number of halogens is 3. The zero-order valence-corrected chi connectivity index (χ0v) is 7.49. The average molecular weight is 222 g/mol. The lowest BCUT2D eigenvalue weighted by molar-refractivity contribution is -0.138. The third-order valence-corrected chi connectivity index (χ3v) is 1.79. The molecule has 0 spiro atoms. The molecule has 0 aliphatic rings. The molecule has 1 aromatic carbocycles. The van der Waals surface area contributed by atoms with Crippen LogP contribution in [0.5, 0.6) is 5.75 Å². The van der Waals surface area contributed by atoms with Crippen LogP contribution in [0.2, 0.25) is 0 Å². The molecule has 1 rings (SSSR count). The lowest BCUT2D eigenvalue weighted by Crippen LogP contribution is -2.06. The number of hydrogen-bond acceptors (Lipinski definition) is 2. The van der Waals surface area contributed by atoms with Crippen molar-refractivity contribution in [2.24, 2.45) is 0 Å². The molecule has 76 valence electrons. The van der Waals surface area contributed by atoms with E-state index in [1.165, 1.54) is 0 Å². The summed E-state index contributed by atoms with van der Waals surface area (Å²) in [7, 11) is 0. The fourth-order valence-electron chi connectivity index (χ4n) is 0.904. The van der Waals surface area contributed by atoms with Gasteiger partial charge in [-0.05, 0) is 30.4 Å². The van der Waals surface area contributed by atoms with E-state index in [4.69, 9.17) is 10.2 Å². The number of rotatable bonds is 1. The van der Waals surface area contributed by atoms with Gasteiger partial charge in [-0.15, -0.1) is 0 Å². The van der Waals surface area contributed by atoms with Crippen LogP contribution in [-0.4, -0.2) is 15.3 Å². The molecule has 0 unspecified atom stereocenters. The molecular weight excluding hydrogens is 217 g/mol. The standard InChI is InChI=1S/C8H5F3O2S/c9-8(10,11)5-2-1-4(7(13)14)3-6(5)12/h1-3,12H,(H,13,14). The van der Waals surface area contributed by atoms with E-state index in [9.17, 15) is 13.2 Å². The van der Waals surface area contributed by atoms with E-state index in [0.717, 1.165) is 12.1 Å². The lowest BCUT2D eigenvalue weighted by atomic mass is 10.1. The second-order valence-corrected chi connectivity index (χ2v) is 2.92. The van der Waals surface area contributed by atoms with Crippen molar-refractivity contribution in [3.8, 4) is 5.75 Å². The van der Waals surface area contributed by atoms with E-state index < -0.39 is 22.5 Å². The van der Waals surface area contributed by atoms with E-state index >= 15 is 0 Å². The van der Waals surface area contributed by atoms with Gasteiger partial charge in [0.05, 0.1) is 5.56 Å². The van der Waals surface area contributed by atoms with E-state index in [1.807, 2.05) is 0 Å². The van der Waals surface area contributed by atoms with Crippen molar-refractivity contribution in [3.63, 3.8) is 0 Å². The third-order valence-electron chi connectivity index (χ3n) is 1.55. The predicted octanol–water partition coefficient (Wildman–Crippen LogP) is 2.64. The Morgan fingerprint density at radius 3 is 2.21 bits per heavy atom. The highest BCUT2D eigenvalue weighted by Crippen LogP contribution is 2.35. The molecule has 0 amide bonds. The summed E-state index contributed by atoms with van der Waals surface area (Å²) in [5, 5.41) is 17.2. The van der Waals surface area contributed by atoms with Crippen LogP contribution >= 0.6 is 12.2 Å². The van der Waals surface area contributed by atoms with Gasteiger partial charge in [0.15, 0.2) is 5.05 Å². The zero-order valence-electron chi connectivity index (χ0n) is 6.67. The second-order valence-electron chi connectivity index (χ2n) is 2.53. The van der Waals surface area contributed by atoms with Crippen LogP contribution in [0.15, 0.2) is 18.2 Å². The summed E-state index contributed by atoms with van der Waals surface area (Å²) in [4.78, 5) is 0. The lowest BCUT2D eigenvalue weighted by Gasteiger charge is -2.09. The summed E-state index contributed by atoms with van der Waals surface area (Å²) in [5.74, 6) is -0.952. The first-order valence-electron chi connectivity index (χ1n) is 3.46. The first kappa shape index (κ1) is 10.8. The smallest absolute Gasteiger partial charge is 0.419 e. The highest BCUT2D eigenvalue weighted by molar-refractivity contribution is 7.80. The Morgan fingerprint density at radius 1 is 1.29 bits per heavy atom. The fraction of sp³-hybridized carbons (Fsp3) is 0.125. The van der Waals surface area contributed by atoms with Gasteiger partial charge in [0, 0.05) is 5.56 Å². The number of aliphatic hydroxyl groups is 1. The maximum absolute atomic E-state index is 12.1. The molecule has 0 aromatic heterocycles. The summed E-state index contributed by atoms with van der Waals surface area (Å²) in [6.07, 6.45) is -4.61. The molecular formula is C8H5F3O2S. The summed E-state index contributed by atoms with van der Waals surface area (Å²) < 4.78 is 36.4. The maximum atomic E-state index is 12.1. The highest BCUT2D eigenvalue weighted by atomic mass is 32.1. The fourth-order valence-corrected chi connectivity index (χ4v) is 1.03. The molecule has 0 aliphatic carbocycles. The first-order valence-corrected chi connectivity index (χ1v) is 3.86. The van der Waals surface area contributed by atoms with Gasteiger partial charge in [-0.3, -0.25) is 0 Å². The number of aliphatic hydroxyl groups excluding tert-OH is 1. The van der Waals surface area contributed by atoms with Crippen molar-refractivity contribution in [2.75, 3.05) is 0 Å². The number of phenols is 1. The van der Waals surface area contributed by atoms with Gasteiger partial charge in [0.1, 0.15) is 5.75 Å². The van der Waals surface area contributed by atoms with Crippen molar-refractivity contribution in [3.05, 3.63) is 29.3 Å². The van der Waals surface area contributed by atoms with Gasteiger partial charge in [-0.2, -0.15) is 13.2 Å². The van der Waals surface area contributed by atoms with Gasteiger partial charge < -0.3 is 10.2 Å². The third kappa shape index (κ3) is 2.14. The number of alkyl halides is 3. The van der Waals surface area contributed by atoms with Crippen LogP contribution < -0.4 is 0 Å². The summed E-state index contributed by atoms with van der Waals surface area (Å²) in [6.45, 7) is 0. The minimum absolute atomic E-state index is 0.0227. The SMILES string of the molecule is OC(=S)c1ccc(C(F)(F)F)c(O)c1. The molecule has 0 saturated heterocycles. The van der Waals surface area contributed by atoms with Crippen molar-refractivity contribution in [1.82, 2.24) is 0 Å². The summed E-state index contributed by atoms with van der Waals surface area (Å²) in [6, 6.07) is 2.42. The highest BCUT2D eigenvalue weighted by Gasteiger charge is 2.33. The Bertz CT molecular complexity index is 373. The summed E-state index contributed by atoms with van der Waals surface area (Å²) >= 11 is 4.32. The van der Waals surface area contributed by atoms with Gasteiger partial charge in [-0.1, -0.05) is 0 Å². The van der Waals surface area contributed by atoms with E-state index in [1.54, 1.807) is 0 Å². The Hall–Kier alpha value is -1.30. The summed E-state index contributed by atoms with van der Waals surface area (Å²) in [5.41, 5.74) is -1.18. The molecule has 0 fully saturated rings. The number of phenolic OH excluding ortho intramolecular Hbond substituents is 1. The first-order chi connectivity index (χ1) is 6.32. The van der Waals surface area contributed by atoms with Gasteiger partial charge >= 0.3 is 6.18 Å². The Kier molecular flexibility index (Phi) is 2.66. The second kappa shape index (κ2) is 3.45. The molecule has 0 aliphatic heterocycles. The molecule has 0 radical (unpaired) electrons. The molecule has 0 heterocycles. The Labute approximate surface area is 82.6 Å². The largest absolute Gasteiger partial charge is 0.507 e. The molecule has 2 N–H and O–H groups in total. The van der Waals surface area contributed by atoms with Crippen LogP contribution in [-0.2, 0) is 6.18 Å². The van der Waals surface area contributed by atoms with E-state index in [2.05, 4.69) is 12.2 Å². The van der Waals surface area contributed by atoms with Crippen molar-refractivity contribution >= 4 is 17.3 Å². The number of benzene rings is 1. The molecule has 1 aromatic rings. The molecule has 2 nitrogen and oxygen atoms in total. The topological polar surface area (TPSA) is 40.5 Å². The van der Waals surface area contributed by atoms with Crippen LogP contribution in [0.25, 0.3) is 0 Å². The van der Waals surface area contributed by atoms with Gasteiger partial charge in [0.2, 0.25) is 0 Å². The quantitative estimate of drug-likeness (QED) is 0.717. The number of aromatic hydroxyl groups is 1. The average Bonchev–Trinajstić information content (AvgIpc) is 2.01. The Morgan fingerprint density at radius 2 is 1.86 bits per heavy atom. The van der Waals surface area contributed by atoms with E-state index in [0.29, 0.717) is 6.07 Å². The number of hydrogen-bond donors (Lipinski definition) is 2. The predicted molar refractivity (Wildman–Crippen MR) is 47.4 cm³/mol. The zero-order chi connectivity index (χ0) is 10.9. The maximum Gasteiger partial charge on any atom is 0.419 e. The van der Waals surface area contributed by atoms with Crippen LogP contribution in [0.1, 0.15) is 11.1 Å². The molecule has 0 saturated carbocycles. The minimum atomic E-state index is -4.61. The van der Waals surface area contributed by atoms with Crippen molar-refractivity contribution in [1.29, 1.82) is 0 Å². The number of thiocarbonyl (C=S) groups is 1. The van der Waals surface area contributed by atoms with Crippen molar-refractivity contribution < 1.29 is 23.4 Å². The van der Waals surface area contributed by atoms with E-state index in [-0.39, 0.29) is 5.56 Å². The van der Waals surface area contributed by atoms with Crippen molar-refractivity contribution in [2.45, 2.75) is 6.18 Å². The molecule has 0 atom stereocenters. The van der Waals surface area contributed by atoms with Gasteiger partial charge in [0.25, 0.3) is 0 Å². The molecule has 14 heavy (non-hydrogen) atoms. The molecule has 0 bridgehead atoms. The van der Waals surface area contributed by atoms with Crippen LogP contribution in [0.3, 0.4) is 0 Å².